The largest absolute Gasteiger partial charge is 0.399 e. The van der Waals surface area contributed by atoms with Crippen LogP contribution in [0.15, 0.2) is 24.3 Å². The summed E-state index contributed by atoms with van der Waals surface area (Å²) in [4.78, 5) is 11.9. The summed E-state index contributed by atoms with van der Waals surface area (Å²) in [7, 11) is 0. The topological polar surface area (TPSA) is 55.1 Å². The molecule has 4 heteroatoms. The molecule has 0 radical (unpaired) electrons. The van der Waals surface area contributed by atoms with Gasteiger partial charge in [0.1, 0.15) is 0 Å². The molecule has 0 saturated heterocycles. The molecule has 0 fully saturated rings. The summed E-state index contributed by atoms with van der Waals surface area (Å²) in [5.74, 6) is 0.997. The molecule has 1 aromatic rings. The van der Waals surface area contributed by atoms with E-state index >= 15 is 0 Å². The van der Waals surface area contributed by atoms with E-state index in [9.17, 15) is 4.79 Å². The van der Waals surface area contributed by atoms with E-state index in [0.717, 1.165) is 24.3 Å². The highest BCUT2D eigenvalue weighted by Gasteiger charge is 2.14. The molecule has 0 aliphatic heterocycles. The van der Waals surface area contributed by atoms with Gasteiger partial charge in [0, 0.05) is 12.2 Å². The number of benzene rings is 1. The van der Waals surface area contributed by atoms with Crippen LogP contribution in [-0.4, -0.2) is 24.5 Å². The highest BCUT2D eigenvalue weighted by atomic mass is 32.2. The highest BCUT2D eigenvalue weighted by molar-refractivity contribution is 7.98. The van der Waals surface area contributed by atoms with E-state index in [-0.39, 0.29) is 11.8 Å². The van der Waals surface area contributed by atoms with E-state index < -0.39 is 0 Å². The van der Waals surface area contributed by atoms with Crippen LogP contribution >= 0.6 is 11.8 Å². The standard InChI is InChI=1S/C13H20N2OS/c1-10(11-5-3-6-12(14)9-11)13(16)15-7-4-8-17-2/h3,5-6,9-10H,4,7-8,14H2,1-2H3,(H,15,16). The first kappa shape index (κ1) is 13.9. The number of carbonyl (C=O) groups is 1. The molecule has 0 heterocycles. The van der Waals surface area contributed by atoms with Gasteiger partial charge in [-0.25, -0.2) is 0 Å². The first-order valence-electron chi connectivity index (χ1n) is 5.77. The Kier molecular flexibility index (Phi) is 5.91. The molecule has 1 unspecified atom stereocenters. The van der Waals surface area contributed by atoms with Crippen LogP contribution in [0.25, 0.3) is 0 Å². The van der Waals surface area contributed by atoms with Crippen molar-refractivity contribution >= 4 is 23.4 Å². The minimum absolute atomic E-state index is 0.0664. The Labute approximate surface area is 107 Å². The van der Waals surface area contributed by atoms with Gasteiger partial charge in [-0.05, 0) is 43.0 Å². The van der Waals surface area contributed by atoms with E-state index in [1.165, 1.54) is 0 Å². The molecule has 3 nitrogen and oxygen atoms in total. The molecule has 0 aromatic heterocycles. The van der Waals surface area contributed by atoms with Crippen molar-refractivity contribution in [1.82, 2.24) is 5.32 Å². The molecule has 1 rings (SSSR count). The maximum Gasteiger partial charge on any atom is 0.227 e. The molecule has 1 atom stereocenters. The molecule has 0 aliphatic rings. The Morgan fingerprint density at radius 1 is 1.53 bits per heavy atom. The Balaban J connectivity index is 2.46. The maximum atomic E-state index is 11.9. The first-order valence-corrected chi connectivity index (χ1v) is 7.16. The minimum Gasteiger partial charge on any atom is -0.399 e. The number of nitrogens with one attached hydrogen (secondary N) is 1. The van der Waals surface area contributed by atoms with Crippen molar-refractivity contribution in [2.75, 3.05) is 24.3 Å². The van der Waals surface area contributed by atoms with Gasteiger partial charge in [0.2, 0.25) is 5.91 Å². The zero-order valence-corrected chi connectivity index (χ0v) is 11.2. The smallest absolute Gasteiger partial charge is 0.227 e. The van der Waals surface area contributed by atoms with Crippen molar-refractivity contribution in [3.63, 3.8) is 0 Å². The van der Waals surface area contributed by atoms with Crippen molar-refractivity contribution in [2.24, 2.45) is 0 Å². The second kappa shape index (κ2) is 7.22. The molecule has 0 aliphatic carbocycles. The van der Waals surface area contributed by atoms with Gasteiger partial charge >= 0.3 is 0 Å². The van der Waals surface area contributed by atoms with Gasteiger partial charge in [-0.1, -0.05) is 12.1 Å². The van der Waals surface area contributed by atoms with Crippen molar-refractivity contribution in [3.05, 3.63) is 29.8 Å². The number of carbonyl (C=O) groups excluding carboxylic acids is 1. The van der Waals surface area contributed by atoms with Gasteiger partial charge in [-0.15, -0.1) is 0 Å². The number of amides is 1. The van der Waals surface area contributed by atoms with Crippen LogP contribution in [0.4, 0.5) is 5.69 Å². The van der Waals surface area contributed by atoms with Gasteiger partial charge in [0.25, 0.3) is 0 Å². The van der Waals surface area contributed by atoms with Crippen LogP contribution < -0.4 is 11.1 Å². The zero-order valence-electron chi connectivity index (χ0n) is 10.4. The monoisotopic (exact) mass is 252 g/mol. The number of nitrogens with two attached hydrogens (primary N) is 1. The summed E-state index contributed by atoms with van der Waals surface area (Å²) in [6, 6.07) is 7.49. The van der Waals surface area contributed by atoms with E-state index in [1.54, 1.807) is 11.8 Å². The number of hydrogen-bond donors (Lipinski definition) is 2. The lowest BCUT2D eigenvalue weighted by Crippen LogP contribution is -2.29. The number of rotatable bonds is 6. The third-order valence-electron chi connectivity index (χ3n) is 2.63. The van der Waals surface area contributed by atoms with Crippen LogP contribution in [0.5, 0.6) is 0 Å². The third kappa shape index (κ3) is 4.69. The summed E-state index contributed by atoms with van der Waals surface area (Å²) in [6.07, 6.45) is 3.08. The summed E-state index contributed by atoms with van der Waals surface area (Å²) >= 11 is 1.79. The lowest BCUT2D eigenvalue weighted by molar-refractivity contribution is -0.122. The zero-order chi connectivity index (χ0) is 12.7. The van der Waals surface area contributed by atoms with Gasteiger partial charge in [-0.3, -0.25) is 4.79 Å². The Hall–Kier alpha value is -1.16. The third-order valence-corrected chi connectivity index (χ3v) is 3.33. The lowest BCUT2D eigenvalue weighted by atomic mass is 10.00. The minimum atomic E-state index is -0.146. The van der Waals surface area contributed by atoms with Gasteiger partial charge in [0.05, 0.1) is 5.92 Å². The summed E-state index contributed by atoms with van der Waals surface area (Å²) in [6.45, 7) is 2.64. The summed E-state index contributed by atoms with van der Waals surface area (Å²) < 4.78 is 0. The molecule has 1 amide bonds. The van der Waals surface area contributed by atoms with Crippen molar-refractivity contribution in [3.8, 4) is 0 Å². The van der Waals surface area contributed by atoms with Gasteiger partial charge in [-0.2, -0.15) is 11.8 Å². The first-order chi connectivity index (χ1) is 8.15. The van der Waals surface area contributed by atoms with Crippen LogP contribution in [0.1, 0.15) is 24.8 Å². The van der Waals surface area contributed by atoms with E-state index in [0.29, 0.717) is 5.69 Å². The van der Waals surface area contributed by atoms with E-state index in [1.807, 2.05) is 31.2 Å². The molecule has 1 aromatic carbocycles. The van der Waals surface area contributed by atoms with Crippen LogP contribution in [0.2, 0.25) is 0 Å². The van der Waals surface area contributed by atoms with Crippen molar-refractivity contribution < 1.29 is 4.79 Å². The molecule has 0 saturated carbocycles. The molecular weight excluding hydrogens is 232 g/mol. The molecule has 17 heavy (non-hydrogen) atoms. The number of nitrogen functional groups attached to an aromatic ring is 1. The summed E-state index contributed by atoms with van der Waals surface area (Å²) in [5, 5.41) is 2.94. The lowest BCUT2D eigenvalue weighted by Gasteiger charge is -2.12. The molecule has 0 spiro atoms. The highest BCUT2D eigenvalue weighted by Crippen LogP contribution is 2.17. The van der Waals surface area contributed by atoms with Crippen LogP contribution in [-0.2, 0) is 4.79 Å². The predicted octanol–water partition coefficient (Wildman–Crippen LogP) is 2.24. The van der Waals surface area contributed by atoms with Crippen LogP contribution in [0, 0.1) is 0 Å². The van der Waals surface area contributed by atoms with E-state index in [2.05, 4.69) is 11.6 Å². The molecule has 94 valence electrons. The fraction of sp³-hybridized carbons (Fsp3) is 0.462. The number of hydrogen-bond acceptors (Lipinski definition) is 3. The fourth-order valence-corrected chi connectivity index (χ4v) is 1.99. The van der Waals surface area contributed by atoms with Gasteiger partial charge in [0.15, 0.2) is 0 Å². The number of anilines is 1. The second-order valence-corrected chi connectivity index (χ2v) is 5.01. The normalized spacial score (nSPS) is 12.1. The fourth-order valence-electron chi connectivity index (χ4n) is 1.56. The molecule has 0 bridgehead atoms. The predicted molar refractivity (Wildman–Crippen MR) is 75.3 cm³/mol. The van der Waals surface area contributed by atoms with Crippen molar-refractivity contribution in [1.29, 1.82) is 0 Å². The molecular formula is C13H20N2OS. The SMILES string of the molecule is CSCCCNC(=O)C(C)c1cccc(N)c1. The second-order valence-electron chi connectivity index (χ2n) is 4.03. The Morgan fingerprint density at radius 3 is 2.94 bits per heavy atom. The quantitative estimate of drug-likeness (QED) is 0.603. The number of thioether (sulfide) groups is 1. The molecule has 3 N–H and O–H groups in total. The van der Waals surface area contributed by atoms with E-state index in [4.69, 9.17) is 5.73 Å². The average molecular weight is 252 g/mol. The average Bonchev–Trinajstić information content (AvgIpc) is 2.33. The summed E-state index contributed by atoms with van der Waals surface area (Å²) in [5.41, 5.74) is 7.37. The maximum absolute atomic E-state index is 11.9. The Morgan fingerprint density at radius 2 is 2.29 bits per heavy atom. The Bertz CT molecular complexity index is 368. The van der Waals surface area contributed by atoms with Crippen molar-refractivity contribution in [2.45, 2.75) is 19.3 Å². The van der Waals surface area contributed by atoms with Gasteiger partial charge < -0.3 is 11.1 Å². The van der Waals surface area contributed by atoms with Crippen LogP contribution in [0.3, 0.4) is 0 Å².